The molecule has 1 atom stereocenters. The molecule has 0 amide bonds. The number of benzene rings is 2. The van der Waals surface area contributed by atoms with E-state index in [2.05, 4.69) is 11.0 Å². The molecule has 0 bridgehead atoms. The van der Waals surface area contributed by atoms with Crippen LogP contribution in [0.25, 0.3) is 0 Å². The number of halogens is 1. The molecule has 0 aromatic heterocycles. The number of carbonyl (C=O) groups is 1. The van der Waals surface area contributed by atoms with Gasteiger partial charge in [-0.25, -0.2) is 0 Å². The molecule has 26 heavy (non-hydrogen) atoms. The molecule has 2 heterocycles. The predicted molar refractivity (Wildman–Crippen MR) is 97.8 cm³/mol. The third-order valence-electron chi connectivity index (χ3n) is 5.12. The molecule has 0 aliphatic carbocycles. The molecule has 2 aromatic rings. The fourth-order valence-electron chi connectivity index (χ4n) is 3.78. The summed E-state index contributed by atoms with van der Waals surface area (Å²) in [6, 6.07) is 13.8. The first-order chi connectivity index (χ1) is 12.6. The van der Waals surface area contributed by atoms with E-state index in [0.29, 0.717) is 17.9 Å². The van der Waals surface area contributed by atoms with Crippen molar-refractivity contribution in [2.75, 3.05) is 19.9 Å². The highest BCUT2D eigenvalue weighted by molar-refractivity contribution is 6.30. The van der Waals surface area contributed by atoms with E-state index >= 15 is 0 Å². The Kier molecular flexibility index (Phi) is 4.74. The quantitative estimate of drug-likeness (QED) is 0.879. The zero-order chi connectivity index (χ0) is 18.1. The molecule has 0 radical (unpaired) electrons. The van der Waals surface area contributed by atoms with Crippen LogP contribution in [0.5, 0.6) is 11.5 Å². The van der Waals surface area contributed by atoms with E-state index in [1.807, 2.05) is 36.4 Å². The van der Waals surface area contributed by atoms with Crippen molar-refractivity contribution in [1.29, 1.82) is 0 Å². The number of aliphatic carboxylic acids is 1. The predicted octanol–water partition coefficient (Wildman–Crippen LogP) is 3.95. The molecule has 0 saturated carbocycles. The summed E-state index contributed by atoms with van der Waals surface area (Å²) < 4.78 is 11.0. The Balaban J connectivity index is 1.67. The zero-order valence-electron chi connectivity index (χ0n) is 14.2. The molecule has 1 unspecified atom stereocenters. The van der Waals surface area contributed by atoms with Gasteiger partial charge in [-0.3, -0.25) is 9.69 Å². The van der Waals surface area contributed by atoms with Gasteiger partial charge in [0.1, 0.15) is 0 Å². The smallest absolute Gasteiger partial charge is 0.306 e. The lowest BCUT2D eigenvalue weighted by Crippen LogP contribution is -2.39. The lowest BCUT2D eigenvalue weighted by Gasteiger charge is -2.37. The van der Waals surface area contributed by atoms with Gasteiger partial charge in [-0.15, -0.1) is 0 Å². The summed E-state index contributed by atoms with van der Waals surface area (Å²) in [4.78, 5) is 13.6. The standard InChI is InChI=1S/C20H20ClNO4/c21-16-3-1-2-14(10-16)19(22-8-6-13(7-9-22)20(23)24)15-4-5-17-18(11-15)26-12-25-17/h1-5,10-11,13,19H,6-9,12H2,(H,23,24). The Morgan fingerprint density at radius 1 is 1.08 bits per heavy atom. The molecule has 1 saturated heterocycles. The van der Waals surface area contributed by atoms with Crippen molar-refractivity contribution in [1.82, 2.24) is 4.90 Å². The molecule has 6 heteroatoms. The van der Waals surface area contributed by atoms with Crippen LogP contribution in [-0.2, 0) is 4.79 Å². The third-order valence-corrected chi connectivity index (χ3v) is 5.36. The third kappa shape index (κ3) is 3.37. The van der Waals surface area contributed by atoms with Crippen LogP contribution in [0, 0.1) is 5.92 Å². The second kappa shape index (κ2) is 7.17. The van der Waals surface area contributed by atoms with Crippen LogP contribution >= 0.6 is 11.6 Å². The van der Waals surface area contributed by atoms with Crippen LogP contribution in [-0.4, -0.2) is 35.9 Å². The highest BCUT2D eigenvalue weighted by atomic mass is 35.5. The minimum absolute atomic E-state index is 0.00190. The Morgan fingerprint density at radius 2 is 1.81 bits per heavy atom. The van der Waals surface area contributed by atoms with Crippen molar-refractivity contribution < 1.29 is 19.4 Å². The van der Waals surface area contributed by atoms with Gasteiger partial charge in [0.2, 0.25) is 6.79 Å². The van der Waals surface area contributed by atoms with E-state index in [4.69, 9.17) is 21.1 Å². The monoisotopic (exact) mass is 373 g/mol. The first kappa shape index (κ1) is 17.2. The average molecular weight is 374 g/mol. The van der Waals surface area contributed by atoms with E-state index in [0.717, 1.165) is 35.7 Å². The van der Waals surface area contributed by atoms with Crippen LogP contribution in [0.3, 0.4) is 0 Å². The molecule has 5 nitrogen and oxygen atoms in total. The highest BCUT2D eigenvalue weighted by Crippen LogP contribution is 2.39. The van der Waals surface area contributed by atoms with Crippen molar-refractivity contribution in [3.05, 3.63) is 58.6 Å². The lowest BCUT2D eigenvalue weighted by molar-refractivity contribution is -0.143. The fraction of sp³-hybridized carbons (Fsp3) is 0.350. The highest BCUT2D eigenvalue weighted by Gasteiger charge is 2.31. The van der Waals surface area contributed by atoms with Crippen LogP contribution in [0.1, 0.15) is 30.0 Å². The van der Waals surface area contributed by atoms with E-state index in [9.17, 15) is 9.90 Å². The number of rotatable bonds is 4. The first-order valence-corrected chi connectivity index (χ1v) is 9.11. The maximum Gasteiger partial charge on any atom is 0.306 e. The number of carboxylic acids is 1. The Labute approximate surface area is 157 Å². The summed E-state index contributed by atoms with van der Waals surface area (Å²) in [5.74, 6) is 0.535. The van der Waals surface area contributed by atoms with Gasteiger partial charge in [0.05, 0.1) is 12.0 Å². The summed E-state index contributed by atoms with van der Waals surface area (Å²) in [5.41, 5.74) is 2.18. The summed E-state index contributed by atoms with van der Waals surface area (Å²) in [5, 5.41) is 9.96. The van der Waals surface area contributed by atoms with Gasteiger partial charge in [0.15, 0.2) is 11.5 Å². The summed E-state index contributed by atoms with van der Waals surface area (Å²) in [6.45, 7) is 1.69. The van der Waals surface area contributed by atoms with Crippen molar-refractivity contribution >= 4 is 17.6 Å². The average Bonchev–Trinajstić information content (AvgIpc) is 3.10. The molecule has 4 rings (SSSR count). The molecule has 0 spiro atoms. The van der Waals surface area contributed by atoms with Gasteiger partial charge >= 0.3 is 5.97 Å². The molecule has 1 fully saturated rings. The normalized spacial score (nSPS) is 18.7. The maximum absolute atomic E-state index is 11.3. The van der Waals surface area contributed by atoms with Gasteiger partial charge in [-0.2, -0.15) is 0 Å². The Morgan fingerprint density at radius 3 is 2.54 bits per heavy atom. The molecule has 2 aromatic carbocycles. The number of ether oxygens (including phenoxy) is 2. The summed E-state index contributed by atoms with van der Waals surface area (Å²) >= 11 is 6.23. The number of nitrogens with zero attached hydrogens (tertiary/aromatic N) is 1. The molecule has 136 valence electrons. The number of hydrogen-bond acceptors (Lipinski definition) is 4. The van der Waals surface area contributed by atoms with Crippen molar-refractivity contribution in [2.45, 2.75) is 18.9 Å². The number of carboxylic acid groups (broad SMARTS) is 1. The molecule has 2 aliphatic rings. The van der Waals surface area contributed by atoms with E-state index in [-0.39, 0.29) is 18.8 Å². The minimum atomic E-state index is -0.702. The SMILES string of the molecule is O=C(O)C1CCN(C(c2cccc(Cl)c2)c2ccc3c(c2)OCO3)CC1. The van der Waals surface area contributed by atoms with E-state index < -0.39 is 5.97 Å². The van der Waals surface area contributed by atoms with E-state index in [1.54, 1.807) is 0 Å². The molecular weight excluding hydrogens is 354 g/mol. The van der Waals surface area contributed by atoms with Crippen molar-refractivity contribution in [3.63, 3.8) is 0 Å². The summed E-state index contributed by atoms with van der Waals surface area (Å²) in [7, 11) is 0. The van der Waals surface area contributed by atoms with Crippen molar-refractivity contribution in [2.24, 2.45) is 5.92 Å². The molecule has 2 aliphatic heterocycles. The number of hydrogen-bond donors (Lipinski definition) is 1. The zero-order valence-corrected chi connectivity index (χ0v) is 15.0. The minimum Gasteiger partial charge on any atom is -0.481 e. The first-order valence-electron chi connectivity index (χ1n) is 8.73. The largest absolute Gasteiger partial charge is 0.481 e. The number of likely N-dealkylation sites (tertiary alicyclic amines) is 1. The van der Waals surface area contributed by atoms with Gasteiger partial charge in [-0.05, 0) is 61.3 Å². The molecule has 1 N–H and O–H groups in total. The number of piperidine rings is 1. The summed E-state index contributed by atoms with van der Waals surface area (Å²) in [6.07, 6.45) is 1.30. The van der Waals surface area contributed by atoms with Gasteiger partial charge in [0, 0.05) is 5.02 Å². The van der Waals surface area contributed by atoms with E-state index in [1.165, 1.54) is 0 Å². The maximum atomic E-state index is 11.3. The van der Waals surface area contributed by atoms with Crippen molar-refractivity contribution in [3.8, 4) is 11.5 Å². The second-order valence-electron chi connectivity index (χ2n) is 6.72. The fourth-order valence-corrected chi connectivity index (χ4v) is 3.98. The number of fused-ring (bicyclic) bond motifs is 1. The lowest BCUT2D eigenvalue weighted by atomic mass is 9.91. The second-order valence-corrected chi connectivity index (χ2v) is 7.16. The topological polar surface area (TPSA) is 59.0 Å². The van der Waals surface area contributed by atoms with Crippen LogP contribution in [0.2, 0.25) is 5.02 Å². The van der Waals surface area contributed by atoms with Crippen LogP contribution in [0.4, 0.5) is 0 Å². The Bertz CT molecular complexity index is 817. The van der Waals surface area contributed by atoms with Gasteiger partial charge < -0.3 is 14.6 Å². The van der Waals surface area contributed by atoms with Gasteiger partial charge in [-0.1, -0.05) is 29.8 Å². The van der Waals surface area contributed by atoms with Crippen LogP contribution < -0.4 is 9.47 Å². The Hall–Kier alpha value is -2.24. The van der Waals surface area contributed by atoms with Crippen LogP contribution in [0.15, 0.2) is 42.5 Å². The van der Waals surface area contributed by atoms with Gasteiger partial charge in [0.25, 0.3) is 0 Å². The molecular formula is C20H20ClNO4.